The SMILES string of the molecule is COc1ccc(CCNC(=O)CCCn2c(SCC(=O)Nc3ccc(F)cc3)nc3cc4c(cc3c2=O)OCO4)cc1OC. The van der Waals surface area contributed by atoms with E-state index in [0.717, 1.165) is 17.3 Å². The van der Waals surface area contributed by atoms with Crippen LogP contribution in [-0.4, -0.2) is 54.7 Å². The van der Waals surface area contributed by atoms with E-state index in [9.17, 15) is 18.8 Å². The summed E-state index contributed by atoms with van der Waals surface area (Å²) in [6.45, 7) is 0.691. The lowest BCUT2D eigenvalue weighted by Crippen LogP contribution is -2.27. The zero-order valence-corrected chi connectivity index (χ0v) is 25.0. The summed E-state index contributed by atoms with van der Waals surface area (Å²) in [5.41, 5.74) is 1.53. The Morgan fingerprint density at radius 2 is 1.75 bits per heavy atom. The molecule has 0 saturated heterocycles. The Bertz CT molecular complexity index is 1730. The number of hydrogen-bond donors (Lipinski definition) is 2. The number of hydrogen-bond acceptors (Lipinski definition) is 9. The van der Waals surface area contributed by atoms with Gasteiger partial charge in [0, 0.05) is 31.3 Å². The fourth-order valence-electron chi connectivity index (χ4n) is 4.63. The molecule has 0 radical (unpaired) electrons. The van der Waals surface area contributed by atoms with Crippen LogP contribution in [0.4, 0.5) is 10.1 Å². The summed E-state index contributed by atoms with van der Waals surface area (Å²) in [7, 11) is 3.14. The Labute approximate surface area is 256 Å². The highest BCUT2D eigenvalue weighted by Crippen LogP contribution is 2.35. The van der Waals surface area contributed by atoms with E-state index in [4.69, 9.17) is 18.9 Å². The Kier molecular flexibility index (Phi) is 9.85. The van der Waals surface area contributed by atoms with Crippen molar-refractivity contribution in [3.05, 3.63) is 76.3 Å². The lowest BCUT2D eigenvalue weighted by Gasteiger charge is -2.14. The van der Waals surface area contributed by atoms with Crippen molar-refractivity contribution in [1.82, 2.24) is 14.9 Å². The summed E-state index contributed by atoms with van der Waals surface area (Å²) in [6, 6.07) is 14.3. The molecule has 11 nitrogen and oxygen atoms in total. The van der Waals surface area contributed by atoms with Gasteiger partial charge in [0.15, 0.2) is 28.2 Å². The van der Waals surface area contributed by atoms with Gasteiger partial charge in [0.1, 0.15) is 5.82 Å². The number of nitrogens with zero attached hydrogens (tertiary/aromatic N) is 2. The second kappa shape index (κ2) is 14.1. The Morgan fingerprint density at radius 3 is 2.50 bits per heavy atom. The van der Waals surface area contributed by atoms with E-state index in [1.54, 1.807) is 26.4 Å². The van der Waals surface area contributed by atoms with Crippen LogP contribution in [0.3, 0.4) is 0 Å². The molecule has 0 saturated carbocycles. The predicted octanol–water partition coefficient (Wildman–Crippen LogP) is 4.15. The number of aromatic nitrogens is 2. The van der Waals surface area contributed by atoms with E-state index in [1.165, 1.54) is 28.8 Å². The third kappa shape index (κ3) is 7.40. The molecule has 1 aliphatic rings. The van der Waals surface area contributed by atoms with E-state index < -0.39 is 5.82 Å². The quantitative estimate of drug-likeness (QED) is 0.167. The normalized spacial score (nSPS) is 11.8. The average molecular weight is 623 g/mol. The highest BCUT2D eigenvalue weighted by Gasteiger charge is 2.20. The molecule has 0 bridgehead atoms. The van der Waals surface area contributed by atoms with Gasteiger partial charge < -0.3 is 29.6 Å². The van der Waals surface area contributed by atoms with Crippen molar-refractivity contribution in [2.24, 2.45) is 0 Å². The van der Waals surface area contributed by atoms with E-state index in [-0.39, 0.29) is 42.9 Å². The first-order chi connectivity index (χ1) is 21.3. The highest BCUT2D eigenvalue weighted by atomic mass is 32.2. The molecule has 0 spiro atoms. The maximum absolute atomic E-state index is 13.6. The molecule has 4 aromatic rings. The molecule has 2 N–H and O–H groups in total. The number of methoxy groups -OCH3 is 2. The molecule has 0 aliphatic carbocycles. The molecule has 1 aliphatic heterocycles. The molecule has 0 fully saturated rings. The number of halogens is 1. The summed E-state index contributed by atoms with van der Waals surface area (Å²) in [4.78, 5) is 43.4. The van der Waals surface area contributed by atoms with Gasteiger partial charge in [-0.3, -0.25) is 19.0 Å². The molecular formula is C31H31FN4O7S. The van der Waals surface area contributed by atoms with Crippen LogP contribution >= 0.6 is 11.8 Å². The number of amides is 2. The van der Waals surface area contributed by atoms with Crippen molar-refractivity contribution in [3.63, 3.8) is 0 Å². The summed E-state index contributed by atoms with van der Waals surface area (Å²) in [6.07, 6.45) is 1.17. The largest absolute Gasteiger partial charge is 0.493 e. The third-order valence-electron chi connectivity index (χ3n) is 6.84. The number of carbonyl (C=O) groups is 2. The fourth-order valence-corrected chi connectivity index (χ4v) is 5.45. The van der Waals surface area contributed by atoms with Gasteiger partial charge in [0.2, 0.25) is 18.6 Å². The molecule has 2 amide bonds. The molecule has 5 rings (SSSR count). The van der Waals surface area contributed by atoms with Crippen LogP contribution in [0, 0.1) is 5.82 Å². The van der Waals surface area contributed by atoms with Gasteiger partial charge in [-0.15, -0.1) is 0 Å². The van der Waals surface area contributed by atoms with E-state index in [0.29, 0.717) is 64.1 Å². The van der Waals surface area contributed by atoms with Gasteiger partial charge in [-0.1, -0.05) is 17.8 Å². The second-order valence-electron chi connectivity index (χ2n) is 9.81. The van der Waals surface area contributed by atoms with Crippen molar-refractivity contribution in [1.29, 1.82) is 0 Å². The van der Waals surface area contributed by atoms with Crippen LogP contribution in [0.15, 0.2) is 64.5 Å². The lowest BCUT2D eigenvalue weighted by atomic mass is 10.1. The summed E-state index contributed by atoms with van der Waals surface area (Å²) in [5.74, 6) is 1.25. The lowest BCUT2D eigenvalue weighted by molar-refractivity contribution is -0.121. The van der Waals surface area contributed by atoms with Gasteiger partial charge in [-0.2, -0.15) is 0 Å². The summed E-state index contributed by atoms with van der Waals surface area (Å²) >= 11 is 1.09. The van der Waals surface area contributed by atoms with Gasteiger partial charge in [-0.25, -0.2) is 9.37 Å². The first-order valence-corrected chi connectivity index (χ1v) is 14.8. The van der Waals surface area contributed by atoms with Gasteiger partial charge in [0.05, 0.1) is 30.9 Å². The molecule has 0 unspecified atom stereocenters. The van der Waals surface area contributed by atoms with E-state index in [2.05, 4.69) is 15.6 Å². The van der Waals surface area contributed by atoms with E-state index in [1.807, 2.05) is 18.2 Å². The first kappa shape index (κ1) is 30.7. The van der Waals surface area contributed by atoms with Gasteiger partial charge in [0.25, 0.3) is 5.56 Å². The van der Waals surface area contributed by atoms with Crippen molar-refractivity contribution in [2.45, 2.75) is 31.0 Å². The van der Waals surface area contributed by atoms with Crippen LogP contribution in [0.2, 0.25) is 0 Å². The minimum absolute atomic E-state index is 0.0451. The molecule has 230 valence electrons. The average Bonchev–Trinajstić information content (AvgIpc) is 3.49. The number of carbonyl (C=O) groups excluding carboxylic acids is 2. The molecular weight excluding hydrogens is 591 g/mol. The van der Waals surface area contributed by atoms with Gasteiger partial charge >= 0.3 is 0 Å². The van der Waals surface area contributed by atoms with Crippen LogP contribution < -0.4 is 35.1 Å². The molecule has 44 heavy (non-hydrogen) atoms. The smallest absolute Gasteiger partial charge is 0.262 e. The minimum atomic E-state index is -0.408. The van der Waals surface area contributed by atoms with Crippen molar-refractivity contribution < 1.29 is 32.9 Å². The summed E-state index contributed by atoms with van der Waals surface area (Å²) < 4.78 is 36.1. The first-order valence-electron chi connectivity index (χ1n) is 13.8. The van der Waals surface area contributed by atoms with Crippen molar-refractivity contribution in [3.8, 4) is 23.0 Å². The Morgan fingerprint density at radius 1 is 1.00 bits per heavy atom. The standard InChI is InChI=1S/C31H31FN4O7S/c1-40-24-10-5-19(14-25(24)41-2)11-12-33-28(37)4-3-13-36-30(39)22-15-26-27(43-18-42-26)16-23(22)35-31(36)44-17-29(38)34-21-8-6-20(32)7-9-21/h5-10,14-16H,3-4,11-13,17-18H2,1-2H3,(H,33,37)(H,34,38). The number of anilines is 1. The topological polar surface area (TPSA) is 130 Å². The Balaban J connectivity index is 1.23. The zero-order valence-electron chi connectivity index (χ0n) is 24.2. The number of fused-ring (bicyclic) bond motifs is 2. The van der Waals surface area contributed by atoms with Crippen LogP contribution in [0.5, 0.6) is 23.0 Å². The number of benzene rings is 3. The minimum Gasteiger partial charge on any atom is -0.493 e. The van der Waals surface area contributed by atoms with Crippen molar-refractivity contribution >= 4 is 40.2 Å². The maximum Gasteiger partial charge on any atom is 0.262 e. The third-order valence-corrected chi connectivity index (χ3v) is 7.82. The summed E-state index contributed by atoms with van der Waals surface area (Å²) in [5, 5.41) is 6.28. The molecule has 13 heteroatoms. The zero-order chi connectivity index (χ0) is 31.1. The number of thioether (sulfide) groups is 1. The second-order valence-corrected chi connectivity index (χ2v) is 10.8. The van der Waals surface area contributed by atoms with E-state index >= 15 is 0 Å². The van der Waals surface area contributed by atoms with Crippen LogP contribution in [0.1, 0.15) is 18.4 Å². The molecule has 2 heterocycles. The molecule has 1 aromatic heterocycles. The van der Waals surface area contributed by atoms with Gasteiger partial charge in [-0.05, 0) is 60.9 Å². The number of rotatable bonds is 13. The van der Waals surface area contributed by atoms with Crippen LogP contribution in [0.25, 0.3) is 10.9 Å². The molecule has 0 atom stereocenters. The monoisotopic (exact) mass is 622 g/mol. The Hall–Kier alpha value is -4.78. The molecule has 3 aromatic carbocycles. The van der Waals surface area contributed by atoms with Crippen molar-refractivity contribution in [2.75, 3.05) is 38.6 Å². The number of nitrogens with one attached hydrogen (secondary N) is 2. The predicted molar refractivity (Wildman–Crippen MR) is 163 cm³/mol. The maximum atomic E-state index is 13.6. The number of ether oxygens (including phenoxy) is 4. The highest BCUT2D eigenvalue weighted by molar-refractivity contribution is 7.99. The van der Waals surface area contributed by atoms with Crippen LogP contribution in [-0.2, 0) is 22.6 Å². The fraction of sp³-hybridized carbons (Fsp3) is 0.290.